The minimum Gasteiger partial charge on any atom is -0.369 e. The second kappa shape index (κ2) is 5.20. The number of nitrogens with zero attached hydrogens (tertiary/aromatic N) is 1. The second-order valence-electron chi connectivity index (χ2n) is 5.08. The maximum absolute atomic E-state index is 12.1. The van der Waals surface area contributed by atoms with E-state index < -0.39 is 23.1 Å². The summed E-state index contributed by atoms with van der Waals surface area (Å²) in [6.45, 7) is 4.08. The summed E-state index contributed by atoms with van der Waals surface area (Å²) in [5.74, 6) is -1.73. The smallest absolute Gasteiger partial charge is 0.235 e. The number of thiazole rings is 1. The third-order valence-electron chi connectivity index (χ3n) is 3.43. The standard InChI is InChI=1S/C14H17N3O2S/c1-8(2)10-7-17-13(20-10)14(12(16)19)6-4-3-5-9(14)11(15)18/h3-9H,1-2H3,(H2,15,18)(H2,16,19). The maximum atomic E-state index is 12.1. The van der Waals surface area contributed by atoms with Crippen molar-refractivity contribution in [1.82, 2.24) is 4.98 Å². The number of nitrogens with two attached hydrogens (primary N) is 2. The topological polar surface area (TPSA) is 99.1 Å². The van der Waals surface area contributed by atoms with Crippen LogP contribution in [0.1, 0.15) is 29.7 Å². The van der Waals surface area contributed by atoms with Gasteiger partial charge in [0, 0.05) is 11.1 Å². The zero-order chi connectivity index (χ0) is 14.9. The number of rotatable bonds is 4. The highest BCUT2D eigenvalue weighted by Crippen LogP contribution is 2.40. The maximum Gasteiger partial charge on any atom is 0.235 e. The molecule has 0 fully saturated rings. The number of hydrogen-bond acceptors (Lipinski definition) is 4. The molecule has 1 aromatic rings. The third-order valence-corrected chi connectivity index (χ3v) is 4.87. The van der Waals surface area contributed by atoms with Gasteiger partial charge in [-0.3, -0.25) is 9.59 Å². The highest BCUT2D eigenvalue weighted by molar-refractivity contribution is 7.12. The Morgan fingerprint density at radius 2 is 2.05 bits per heavy atom. The summed E-state index contributed by atoms with van der Waals surface area (Å²) in [7, 11) is 0. The van der Waals surface area contributed by atoms with Crippen molar-refractivity contribution in [2.24, 2.45) is 17.4 Å². The number of hydrogen-bond donors (Lipinski definition) is 2. The fourth-order valence-electron chi connectivity index (χ4n) is 2.25. The van der Waals surface area contributed by atoms with E-state index >= 15 is 0 Å². The van der Waals surface area contributed by atoms with Crippen molar-refractivity contribution >= 4 is 23.2 Å². The first-order valence-corrected chi connectivity index (χ1v) is 7.12. The van der Waals surface area contributed by atoms with Gasteiger partial charge in [-0.25, -0.2) is 4.98 Å². The van der Waals surface area contributed by atoms with Crippen LogP contribution in [0.15, 0.2) is 30.5 Å². The van der Waals surface area contributed by atoms with Crippen LogP contribution in [0.4, 0.5) is 0 Å². The highest BCUT2D eigenvalue weighted by atomic mass is 32.1. The molecule has 0 aliphatic heterocycles. The van der Waals surface area contributed by atoms with Crippen LogP contribution in [0.25, 0.3) is 0 Å². The van der Waals surface area contributed by atoms with Crippen LogP contribution in [-0.4, -0.2) is 16.8 Å². The Hall–Kier alpha value is -1.95. The summed E-state index contributed by atoms with van der Waals surface area (Å²) in [6, 6.07) is 0. The molecule has 5 nitrogen and oxygen atoms in total. The lowest BCUT2D eigenvalue weighted by Gasteiger charge is -2.31. The predicted octanol–water partition coefficient (Wildman–Crippen LogP) is 1.22. The molecule has 1 heterocycles. The van der Waals surface area contributed by atoms with E-state index in [0.29, 0.717) is 10.9 Å². The molecule has 0 saturated carbocycles. The number of allylic oxidation sites excluding steroid dienone is 2. The summed E-state index contributed by atoms with van der Waals surface area (Å²) >= 11 is 1.39. The van der Waals surface area contributed by atoms with Gasteiger partial charge in [-0.15, -0.1) is 11.3 Å². The fourth-order valence-corrected chi connectivity index (χ4v) is 3.38. The van der Waals surface area contributed by atoms with Crippen molar-refractivity contribution in [3.63, 3.8) is 0 Å². The van der Waals surface area contributed by atoms with Gasteiger partial charge in [0.2, 0.25) is 11.8 Å². The zero-order valence-corrected chi connectivity index (χ0v) is 12.2. The average molecular weight is 291 g/mol. The molecule has 0 spiro atoms. The van der Waals surface area contributed by atoms with Gasteiger partial charge >= 0.3 is 0 Å². The lowest BCUT2D eigenvalue weighted by molar-refractivity contribution is -0.130. The quantitative estimate of drug-likeness (QED) is 0.872. The van der Waals surface area contributed by atoms with Crippen molar-refractivity contribution in [3.8, 4) is 0 Å². The molecule has 0 saturated heterocycles. The molecule has 2 rings (SSSR count). The minimum atomic E-state index is -1.28. The Labute approximate surface area is 121 Å². The van der Waals surface area contributed by atoms with Crippen molar-refractivity contribution in [1.29, 1.82) is 0 Å². The Bertz CT molecular complexity index is 603. The Morgan fingerprint density at radius 3 is 2.55 bits per heavy atom. The van der Waals surface area contributed by atoms with E-state index in [-0.39, 0.29) is 0 Å². The summed E-state index contributed by atoms with van der Waals surface area (Å²) < 4.78 is 0. The number of aromatic nitrogens is 1. The first-order valence-electron chi connectivity index (χ1n) is 6.31. The highest BCUT2D eigenvalue weighted by Gasteiger charge is 2.49. The van der Waals surface area contributed by atoms with Crippen LogP contribution in [0.5, 0.6) is 0 Å². The lowest BCUT2D eigenvalue weighted by Crippen LogP contribution is -2.50. The molecule has 1 aliphatic rings. The largest absolute Gasteiger partial charge is 0.369 e. The summed E-state index contributed by atoms with van der Waals surface area (Å²) in [4.78, 5) is 29.1. The Morgan fingerprint density at radius 1 is 1.35 bits per heavy atom. The molecule has 2 atom stereocenters. The molecule has 2 amide bonds. The van der Waals surface area contributed by atoms with Gasteiger partial charge in [0.05, 0.1) is 5.92 Å². The van der Waals surface area contributed by atoms with Crippen LogP contribution < -0.4 is 11.5 Å². The fraction of sp³-hybridized carbons (Fsp3) is 0.357. The van der Waals surface area contributed by atoms with Gasteiger partial charge in [0.25, 0.3) is 0 Å². The van der Waals surface area contributed by atoms with Crippen LogP contribution in [0.2, 0.25) is 0 Å². The zero-order valence-electron chi connectivity index (χ0n) is 11.4. The summed E-state index contributed by atoms with van der Waals surface area (Å²) in [5, 5.41) is 0.512. The number of primary amides is 2. The first-order chi connectivity index (χ1) is 9.39. The van der Waals surface area contributed by atoms with Crippen molar-refractivity contribution < 1.29 is 9.59 Å². The molecule has 0 aromatic carbocycles. The van der Waals surface area contributed by atoms with E-state index in [4.69, 9.17) is 11.5 Å². The van der Waals surface area contributed by atoms with E-state index in [0.717, 1.165) is 4.88 Å². The molecule has 0 bridgehead atoms. The van der Waals surface area contributed by atoms with Crippen molar-refractivity contribution in [2.75, 3.05) is 0 Å². The number of amides is 2. The predicted molar refractivity (Wildman–Crippen MR) is 78.0 cm³/mol. The van der Waals surface area contributed by atoms with Gasteiger partial charge in [-0.1, -0.05) is 38.2 Å². The average Bonchev–Trinajstić information content (AvgIpc) is 2.88. The normalized spacial score (nSPS) is 25.1. The minimum absolute atomic E-state index is 0.293. The number of carbonyl (C=O) groups excluding carboxylic acids is 2. The second-order valence-corrected chi connectivity index (χ2v) is 6.14. The van der Waals surface area contributed by atoms with Gasteiger partial charge < -0.3 is 11.5 Å². The molecule has 20 heavy (non-hydrogen) atoms. The molecule has 6 heteroatoms. The van der Waals surface area contributed by atoms with Crippen LogP contribution in [0.3, 0.4) is 0 Å². The molecule has 106 valence electrons. The van der Waals surface area contributed by atoms with E-state index in [1.807, 2.05) is 13.8 Å². The SMILES string of the molecule is CC(C)c1cnc(C2(C(N)=O)C=CC=CC2C(N)=O)s1. The van der Waals surface area contributed by atoms with E-state index in [1.165, 1.54) is 11.3 Å². The molecule has 1 aromatic heterocycles. The summed E-state index contributed by atoms with van der Waals surface area (Å²) in [6.07, 6.45) is 8.32. The van der Waals surface area contributed by atoms with Crippen LogP contribution in [-0.2, 0) is 15.0 Å². The van der Waals surface area contributed by atoms with Crippen molar-refractivity contribution in [2.45, 2.75) is 25.2 Å². The monoisotopic (exact) mass is 291 g/mol. The Kier molecular flexibility index (Phi) is 3.76. The Balaban J connectivity index is 2.59. The van der Waals surface area contributed by atoms with Crippen LogP contribution in [0, 0.1) is 5.92 Å². The van der Waals surface area contributed by atoms with E-state index in [9.17, 15) is 9.59 Å². The van der Waals surface area contributed by atoms with E-state index in [1.54, 1.807) is 30.5 Å². The first kappa shape index (κ1) is 14.5. The molecule has 0 radical (unpaired) electrons. The third kappa shape index (κ3) is 2.16. The molecule has 2 unspecified atom stereocenters. The molecule has 1 aliphatic carbocycles. The van der Waals surface area contributed by atoms with Gasteiger partial charge in [-0.05, 0) is 5.92 Å². The van der Waals surface area contributed by atoms with Gasteiger partial charge in [0.15, 0.2) is 0 Å². The molecular weight excluding hydrogens is 274 g/mol. The van der Waals surface area contributed by atoms with Crippen LogP contribution >= 0.6 is 11.3 Å². The molecule has 4 N–H and O–H groups in total. The lowest BCUT2D eigenvalue weighted by atomic mass is 9.72. The molecular formula is C14H17N3O2S. The van der Waals surface area contributed by atoms with Gasteiger partial charge in [0.1, 0.15) is 10.4 Å². The summed E-state index contributed by atoms with van der Waals surface area (Å²) in [5.41, 5.74) is 9.73. The van der Waals surface area contributed by atoms with E-state index in [2.05, 4.69) is 4.98 Å². The number of carbonyl (C=O) groups is 2. The van der Waals surface area contributed by atoms with Gasteiger partial charge in [-0.2, -0.15) is 0 Å². The van der Waals surface area contributed by atoms with Crippen molar-refractivity contribution in [3.05, 3.63) is 40.4 Å².